The van der Waals surface area contributed by atoms with Crippen LogP contribution in [0.3, 0.4) is 0 Å². The van der Waals surface area contributed by atoms with Crippen molar-refractivity contribution in [2.45, 2.75) is 101 Å². The van der Waals surface area contributed by atoms with Gasteiger partial charge in [-0.15, -0.1) is 11.3 Å². The molecule has 68 heavy (non-hydrogen) atoms. The fourth-order valence-electron chi connectivity index (χ4n) is 8.61. The summed E-state index contributed by atoms with van der Waals surface area (Å²) < 4.78 is 19.8. The minimum absolute atomic E-state index is 0.0551. The quantitative estimate of drug-likeness (QED) is 0.0461. The predicted octanol–water partition coefficient (Wildman–Crippen LogP) is 6.26. The van der Waals surface area contributed by atoms with Crippen molar-refractivity contribution in [1.82, 2.24) is 41.1 Å². The topological polar surface area (TPSA) is 212 Å². The van der Waals surface area contributed by atoms with E-state index < -0.39 is 46.3 Å². The van der Waals surface area contributed by atoms with Crippen molar-refractivity contribution in [3.8, 4) is 16.2 Å². The van der Waals surface area contributed by atoms with Crippen LogP contribution in [-0.2, 0) is 20.9 Å². The number of nitrogens with one attached hydrogen (secondary N) is 6. The van der Waals surface area contributed by atoms with Crippen LogP contribution in [0.15, 0.2) is 54.2 Å². The maximum absolute atomic E-state index is 15.1. The second-order valence-electron chi connectivity index (χ2n) is 18.4. The molecule has 3 aliphatic rings. The molecule has 16 nitrogen and oxygen atoms in total. The molecule has 1 aliphatic heterocycles. The Morgan fingerprint density at radius 1 is 1.04 bits per heavy atom. The van der Waals surface area contributed by atoms with Gasteiger partial charge >= 0.3 is 0 Å². The lowest BCUT2D eigenvalue weighted by atomic mass is 9.83. The minimum atomic E-state index is -2.00. The number of methoxy groups -OCH3 is 1. The number of β-amino-alcohol motifs (C(OH)–C–C–N with tert-alkyl or cyclic N) is 1. The number of hydrogen-bond acceptors (Lipinski definition) is 14. The summed E-state index contributed by atoms with van der Waals surface area (Å²) in [7, 11) is 3.24. The zero-order valence-electron chi connectivity index (χ0n) is 39.1. The van der Waals surface area contributed by atoms with Crippen molar-refractivity contribution in [2.24, 2.45) is 11.8 Å². The van der Waals surface area contributed by atoms with E-state index in [4.69, 9.17) is 16.3 Å². The standard InChI is InChI=1S/C48H62ClFN10O6S2/c1-28-39(67-27-56-28)32-12-10-30(11-13-32)23-54-43(63)37-21-34(61)25-60(37)44(64)40(58-45(65)48(50)16-17-48)47(2,3)68-26-31-8-6-29(7-9-31)22-52-18-19-53-42(62)33-14-15-36(38(20-33)66-5)57-46-55-24-35(49)41(51-4)59-46/h10-15,20,24,27,29,31,34,37,40,52,61H,6-9,16-19,21-23,25-26H2,1-5H3,(H,53,62)(H,54,63)(H,58,65)(H2,51,55,57,59)/t29?,31?,34-,37?,40+/m0/s1. The summed E-state index contributed by atoms with van der Waals surface area (Å²) in [6.45, 7) is 7.75. The average molecular weight is 994 g/mol. The third-order valence-electron chi connectivity index (χ3n) is 13.0. The van der Waals surface area contributed by atoms with Gasteiger partial charge in [0.25, 0.3) is 11.8 Å². The van der Waals surface area contributed by atoms with Gasteiger partial charge in [-0.2, -0.15) is 16.7 Å². The molecule has 2 aromatic heterocycles. The largest absolute Gasteiger partial charge is 0.495 e. The van der Waals surface area contributed by atoms with E-state index in [1.54, 1.807) is 48.3 Å². The molecule has 2 aliphatic carbocycles. The number of carbonyl (C=O) groups excluding carboxylic acids is 4. The molecule has 3 fully saturated rings. The highest BCUT2D eigenvalue weighted by molar-refractivity contribution is 8.00. The zero-order chi connectivity index (χ0) is 48.6. The second-order valence-corrected chi connectivity index (χ2v) is 21.3. The number of aliphatic hydroxyl groups is 1. The number of benzene rings is 2. The van der Waals surface area contributed by atoms with Gasteiger partial charge in [-0.05, 0) is 113 Å². The molecule has 0 bridgehead atoms. The molecule has 0 radical (unpaired) electrons. The number of rotatable bonds is 21. The smallest absolute Gasteiger partial charge is 0.258 e. The highest BCUT2D eigenvalue weighted by atomic mass is 35.5. The van der Waals surface area contributed by atoms with E-state index in [0.717, 1.165) is 59.7 Å². The number of halogens is 2. The van der Waals surface area contributed by atoms with E-state index >= 15 is 4.39 Å². The van der Waals surface area contributed by atoms with Crippen LogP contribution in [0, 0.1) is 18.8 Å². The first-order valence-electron chi connectivity index (χ1n) is 23.1. The molecule has 1 unspecified atom stereocenters. The molecule has 2 saturated carbocycles. The number of likely N-dealkylation sites (tertiary alicyclic amines) is 1. The monoisotopic (exact) mass is 992 g/mol. The number of nitrogens with zero attached hydrogens (tertiary/aromatic N) is 4. The average Bonchev–Trinajstić information content (AvgIpc) is 3.75. The van der Waals surface area contributed by atoms with E-state index in [1.165, 1.54) is 18.2 Å². The molecule has 1 saturated heterocycles. The van der Waals surface area contributed by atoms with Crippen LogP contribution < -0.4 is 36.6 Å². The molecule has 7 N–H and O–H groups in total. The Balaban J connectivity index is 0.857. The van der Waals surface area contributed by atoms with Crippen molar-refractivity contribution in [3.63, 3.8) is 0 Å². The van der Waals surface area contributed by atoms with E-state index in [2.05, 4.69) is 46.9 Å². The van der Waals surface area contributed by atoms with Crippen LogP contribution in [0.5, 0.6) is 5.75 Å². The van der Waals surface area contributed by atoms with Crippen LogP contribution >= 0.6 is 34.7 Å². The minimum Gasteiger partial charge on any atom is -0.495 e. The van der Waals surface area contributed by atoms with Crippen molar-refractivity contribution in [3.05, 3.63) is 76.0 Å². The molecule has 2 aromatic carbocycles. The lowest BCUT2D eigenvalue weighted by Crippen LogP contribution is -2.61. The Labute approximate surface area is 410 Å². The second kappa shape index (κ2) is 22.6. The van der Waals surface area contributed by atoms with Gasteiger partial charge in [-0.25, -0.2) is 14.4 Å². The molecular formula is C48H62ClFN10O6S2. The van der Waals surface area contributed by atoms with Gasteiger partial charge in [0, 0.05) is 50.0 Å². The summed E-state index contributed by atoms with van der Waals surface area (Å²) in [6.07, 6.45) is 4.84. The Morgan fingerprint density at radius 3 is 2.46 bits per heavy atom. The Hall–Kier alpha value is -5.08. The van der Waals surface area contributed by atoms with Gasteiger partial charge in [0.15, 0.2) is 5.67 Å². The first-order chi connectivity index (χ1) is 32.6. The van der Waals surface area contributed by atoms with E-state index in [1.807, 2.05) is 50.5 Å². The normalized spacial score (nSPS) is 20.3. The number of hydrogen-bond donors (Lipinski definition) is 7. The van der Waals surface area contributed by atoms with Gasteiger partial charge in [0.05, 0.1) is 41.2 Å². The SMILES string of the molecule is CNc1nc(Nc2ccc(C(=O)NCCNCC3CCC(CSC(C)(C)[C@H](NC(=O)C4(F)CC4)C(=O)N4C[C@@H](O)CC4C(=O)NCc4ccc(-c5scnc5C)cc4)CC3)cc2OC)ncc1Cl. The van der Waals surface area contributed by atoms with E-state index in [-0.39, 0.29) is 38.3 Å². The summed E-state index contributed by atoms with van der Waals surface area (Å²) in [5.41, 5.74) is 3.71. The van der Waals surface area contributed by atoms with Gasteiger partial charge in [-0.1, -0.05) is 35.9 Å². The lowest BCUT2D eigenvalue weighted by Gasteiger charge is -2.38. The predicted molar refractivity (Wildman–Crippen MR) is 265 cm³/mol. The molecule has 4 aromatic rings. The Bertz CT molecular complexity index is 2420. The van der Waals surface area contributed by atoms with Gasteiger partial charge < -0.3 is 46.6 Å². The maximum Gasteiger partial charge on any atom is 0.258 e. The van der Waals surface area contributed by atoms with Crippen LogP contribution in [0.4, 0.5) is 21.8 Å². The van der Waals surface area contributed by atoms with Crippen molar-refractivity contribution in [2.75, 3.05) is 56.7 Å². The lowest BCUT2D eigenvalue weighted by molar-refractivity contribution is -0.143. The number of ether oxygens (including phenoxy) is 1. The van der Waals surface area contributed by atoms with Crippen molar-refractivity contribution >= 4 is 75.8 Å². The summed E-state index contributed by atoms with van der Waals surface area (Å²) in [5, 5.41) is 29.3. The third kappa shape index (κ3) is 12.8. The number of aliphatic hydroxyl groups excluding tert-OH is 1. The van der Waals surface area contributed by atoms with Gasteiger partial charge in [0.2, 0.25) is 17.8 Å². The van der Waals surface area contributed by atoms with Crippen LogP contribution in [0.1, 0.15) is 80.4 Å². The number of carbonyl (C=O) groups is 4. The van der Waals surface area contributed by atoms with E-state index in [0.29, 0.717) is 58.7 Å². The third-order valence-corrected chi connectivity index (χ3v) is 15.8. The number of aryl methyl sites for hydroxylation is 1. The van der Waals surface area contributed by atoms with E-state index in [9.17, 15) is 24.3 Å². The van der Waals surface area contributed by atoms with Crippen LogP contribution in [-0.4, -0.2) is 123 Å². The summed E-state index contributed by atoms with van der Waals surface area (Å²) >= 11 is 9.24. The number of thiazole rings is 1. The summed E-state index contributed by atoms with van der Waals surface area (Å²) in [5.74, 6) is 0.896. The number of amides is 4. The van der Waals surface area contributed by atoms with Crippen LogP contribution in [0.25, 0.3) is 10.4 Å². The first-order valence-corrected chi connectivity index (χ1v) is 25.4. The number of alkyl halides is 1. The van der Waals surface area contributed by atoms with Gasteiger partial charge in [-0.3, -0.25) is 19.2 Å². The number of thioether (sulfide) groups is 1. The molecule has 4 amide bonds. The molecule has 366 valence electrons. The molecule has 0 spiro atoms. The summed E-state index contributed by atoms with van der Waals surface area (Å²) in [6, 6.07) is 10.9. The molecular weight excluding hydrogens is 931 g/mol. The van der Waals surface area contributed by atoms with Crippen molar-refractivity contribution < 1.29 is 33.4 Å². The summed E-state index contributed by atoms with van der Waals surface area (Å²) in [4.78, 5) is 69.7. The number of aromatic nitrogens is 3. The highest BCUT2D eigenvalue weighted by Gasteiger charge is 2.54. The molecule has 3 atom stereocenters. The molecule has 20 heteroatoms. The van der Waals surface area contributed by atoms with Gasteiger partial charge in [0.1, 0.15) is 28.7 Å². The first kappa shape index (κ1) is 50.8. The Kier molecular flexibility index (Phi) is 16.9. The fourth-order valence-corrected chi connectivity index (χ4v) is 10.9. The fraction of sp³-hybridized carbons (Fsp3) is 0.521. The Morgan fingerprint density at radius 2 is 1.78 bits per heavy atom. The maximum atomic E-state index is 15.1. The molecule has 7 rings (SSSR count). The number of anilines is 3. The zero-order valence-corrected chi connectivity index (χ0v) is 41.5. The highest BCUT2D eigenvalue weighted by Crippen LogP contribution is 2.42. The molecule has 3 heterocycles. The van der Waals surface area contributed by atoms with Crippen LogP contribution in [0.2, 0.25) is 5.02 Å². The van der Waals surface area contributed by atoms with Crippen molar-refractivity contribution in [1.29, 1.82) is 0 Å².